The maximum Gasteiger partial charge on any atom is 0.257 e. The number of benzene rings is 2. The molecule has 6 nitrogen and oxygen atoms in total. The Balaban J connectivity index is 1.70. The van der Waals surface area contributed by atoms with Crippen LogP contribution in [0.3, 0.4) is 0 Å². The number of amides is 2. The van der Waals surface area contributed by atoms with Gasteiger partial charge >= 0.3 is 0 Å². The van der Waals surface area contributed by atoms with Crippen LogP contribution in [0.25, 0.3) is 0 Å². The number of aryl methyl sites for hydroxylation is 1. The van der Waals surface area contributed by atoms with Crippen LogP contribution in [0, 0.1) is 6.92 Å². The van der Waals surface area contributed by atoms with Gasteiger partial charge in [0, 0.05) is 22.1 Å². The molecule has 2 amide bonds. The van der Waals surface area contributed by atoms with Crippen LogP contribution in [-0.4, -0.2) is 27.3 Å². The van der Waals surface area contributed by atoms with Crippen LogP contribution in [0.1, 0.15) is 46.5 Å². The van der Waals surface area contributed by atoms with E-state index in [1.807, 2.05) is 25.1 Å². The van der Waals surface area contributed by atoms with Gasteiger partial charge < -0.3 is 5.32 Å². The zero-order valence-electron chi connectivity index (χ0n) is 16.4. The first-order chi connectivity index (χ1) is 14.0. The van der Waals surface area contributed by atoms with Gasteiger partial charge in [0.15, 0.2) is 4.34 Å². The maximum absolute atomic E-state index is 12.6. The third-order valence-electron chi connectivity index (χ3n) is 4.29. The molecule has 0 spiro atoms. The van der Waals surface area contributed by atoms with Crippen molar-refractivity contribution in [1.29, 1.82) is 0 Å². The third-order valence-corrected chi connectivity index (χ3v) is 6.48. The molecule has 1 unspecified atom stereocenters. The van der Waals surface area contributed by atoms with E-state index in [0.29, 0.717) is 27.2 Å². The van der Waals surface area contributed by atoms with E-state index in [4.69, 9.17) is 0 Å². The minimum Gasteiger partial charge on any atom is -0.322 e. The fourth-order valence-corrected chi connectivity index (χ4v) is 4.41. The second kappa shape index (κ2) is 9.67. The van der Waals surface area contributed by atoms with E-state index >= 15 is 0 Å². The molecule has 1 heterocycles. The summed E-state index contributed by atoms with van der Waals surface area (Å²) < 4.78 is 0.828. The monoisotopic (exact) mass is 426 g/mol. The summed E-state index contributed by atoms with van der Waals surface area (Å²) in [7, 11) is 0. The van der Waals surface area contributed by atoms with Crippen molar-refractivity contribution >= 4 is 45.7 Å². The molecule has 0 radical (unpaired) electrons. The van der Waals surface area contributed by atoms with Crippen molar-refractivity contribution in [2.24, 2.45) is 0 Å². The van der Waals surface area contributed by atoms with Crippen LogP contribution in [0.4, 0.5) is 10.8 Å². The number of rotatable bonds is 7. The Morgan fingerprint density at radius 2 is 1.76 bits per heavy atom. The van der Waals surface area contributed by atoms with Crippen molar-refractivity contribution in [2.45, 2.75) is 36.8 Å². The number of nitrogens with one attached hydrogen (secondary N) is 2. The zero-order valence-corrected chi connectivity index (χ0v) is 18.1. The largest absolute Gasteiger partial charge is 0.322 e. The maximum atomic E-state index is 12.6. The summed E-state index contributed by atoms with van der Waals surface area (Å²) in [5.41, 5.74) is 2.46. The van der Waals surface area contributed by atoms with Crippen LogP contribution in [0.15, 0.2) is 52.9 Å². The quantitative estimate of drug-likeness (QED) is 0.399. The van der Waals surface area contributed by atoms with E-state index in [-0.39, 0.29) is 11.8 Å². The van der Waals surface area contributed by atoms with Gasteiger partial charge in [0.25, 0.3) is 11.8 Å². The van der Waals surface area contributed by atoms with Gasteiger partial charge in [-0.15, -0.1) is 10.2 Å². The highest BCUT2D eigenvalue weighted by Crippen LogP contribution is 2.30. The van der Waals surface area contributed by atoms with Gasteiger partial charge in [-0.05, 0) is 43.2 Å². The van der Waals surface area contributed by atoms with Crippen molar-refractivity contribution in [3.63, 3.8) is 0 Å². The molecule has 2 N–H and O–H groups in total. The number of hydrogen-bond donors (Lipinski definition) is 2. The lowest BCUT2D eigenvalue weighted by molar-refractivity contribution is 0.101. The molecule has 3 rings (SSSR count). The summed E-state index contributed by atoms with van der Waals surface area (Å²) in [5, 5.41) is 14.7. The molecule has 29 heavy (non-hydrogen) atoms. The Kier molecular flexibility index (Phi) is 7.00. The van der Waals surface area contributed by atoms with Gasteiger partial charge in [0.1, 0.15) is 0 Å². The van der Waals surface area contributed by atoms with Crippen LogP contribution in [0.5, 0.6) is 0 Å². The average molecular weight is 427 g/mol. The average Bonchev–Trinajstić information content (AvgIpc) is 3.16. The minimum atomic E-state index is -0.295. The number of thioether (sulfide) groups is 1. The first-order valence-corrected chi connectivity index (χ1v) is 10.9. The van der Waals surface area contributed by atoms with Crippen molar-refractivity contribution in [3.8, 4) is 0 Å². The first kappa shape index (κ1) is 21.0. The van der Waals surface area contributed by atoms with E-state index in [1.54, 1.807) is 42.1 Å². The summed E-state index contributed by atoms with van der Waals surface area (Å²) in [6.07, 6.45) is 1.03. The number of aromatic nitrogens is 2. The highest BCUT2D eigenvalue weighted by atomic mass is 32.2. The molecule has 0 fully saturated rings. The smallest absolute Gasteiger partial charge is 0.257 e. The van der Waals surface area contributed by atoms with E-state index < -0.39 is 0 Å². The molecular formula is C21H22N4O2S2. The van der Waals surface area contributed by atoms with E-state index in [2.05, 4.69) is 34.7 Å². The van der Waals surface area contributed by atoms with Crippen LogP contribution >= 0.6 is 23.1 Å². The Morgan fingerprint density at radius 3 is 2.48 bits per heavy atom. The van der Waals surface area contributed by atoms with Crippen LogP contribution in [-0.2, 0) is 0 Å². The fourth-order valence-electron chi connectivity index (χ4n) is 2.41. The molecule has 1 atom stereocenters. The predicted octanol–water partition coefficient (Wildman–Crippen LogP) is 5.24. The number of nitrogens with zero attached hydrogens (tertiary/aromatic N) is 2. The van der Waals surface area contributed by atoms with Crippen molar-refractivity contribution in [1.82, 2.24) is 10.2 Å². The summed E-state index contributed by atoms with van der Waals surface area (Å²) in [5.74, 6) is -0.515. The molecule has 1 aromatic heterocycles. The Hall–Kier alpha value is -2.71. The number of anilines is 2. The Labute approximate surface area is 178 Å². The minimum absolute atomic E-state index is 0.220. The normalized spacial score (nSPS) is 11.7. The molecule has 3 aromatic rings. The van der Waals surface area contributed by atoms with Gasteiger partial charge in [-0.1, -0.05) is 61.2 Å². The molecule has 0 aliphatic carbocycles. The highest BCUT2D eigenvalue weighted by Gasteiger charge is 2.14. The predicted molar refractivity (Wildman–Crippen MR) is 119 cm³/mol. The van der Waals surface area contributed by atoms with Gasteiger partial charge in [-0.3, -0.25) is 14.9 Å². The number of carbonyl (C=O) groups excluding carboxylic acids is 2. The standard InChI is InChI=1S/C21H22N4O2S2/c1-4-14(3)28-21-25-24-20(29-21)23-19(27)16-11-10-13(2)17(12-16)22-18(26)15-8-6-5-7-9-15/h5-12,14H,4H2,1-3H3,(H,22,26)(H,23,24,27). The van der Waals surface area contributed by atoms with Gasteiger partial charge in [-0.25, -0.2) is 0 Å². The lowest BCUT2D eigenvalue weighted by Crippen LogP contribution is -2.15. The molecular weight excluding hydrogens is 404 g/mol. The lowest BCUT2D eigenvalue weighted by atomic mass is 10.1. The van der Waals surface area contributed by atoms with E-state index in [1.165, 1.54) is 11.3 Å². The summed E-state index contributed by atoms with van der Waals surface area (Å²) in [6.45, 7) is 6.13. The van der Waals surface area contributed by atoms with Gasteiger partial charge in [0.05, 0.1) is 0 Å². The SMILES string of the molecule is CCC(C)Sc1nnc(NC(=O)c2ccc(C)c(NC(=O)c3ccccc3)c2)s1. The number of hydrogen-bond acceptors (Lipinski definition) is 6. The Bertz CT molecular complexity index is 1000. The second-order valence-electron chi connectivity index (χ2n) is 6.51. The van der Waals surface area contributed by atoms with Crippen LogP contribution < -0.4 is 10.6 Å². The Morgan fingerprint density at radius 1 is 1.03 bits per heavy atom. The van der Waals surface area contributed by atoms with Crippen molar-refractivity contribution in [3.05, 3.63) is 65.2 Å². The summed E-state index contributed by atoms with van der Waals surface area (Å²) in [6, 6.07) is 14.1. The molecule has 150 valence electrons. The molecule has 2 aromatic carbocycles. The fraction of sp³-hybridized carbons (Fsp3) is 0.238. The second-order valence-corrected chi connectivity index (χ2v) is 9.18. The van der Waals surface area contributed by atoms with Crippen molar-refractivity contribution in [2.75, 3.05) is 10.6 Å². The zero-order chi connectivity index (χ0) is 20.8. The molecule has 0 aliphatic rings. The molecule has 8 heteroatoms. The van der Waals surface area contributed by atoms with Gasteiger partial charge in [-0.2, -0.15) is 0 Å². The highest BCUT2D eigenvalue weighted by molar-refractivity contribution is 8.01. The number of carbonyl (C=O) groups is 2. The lowest BCUT2D eigenvalue weighted by Gasteiger charge is -2.10. The van der Waals surface area contributed by atoms with E-state index in [0.717, 1.165) is 16.3 Å². The third kappa shape index (κ3) is 5.65. The summed E-state index contributed by atoms with van der Waals surface area (Å²) >= 11 is 3.00. The van der Waals surface area contributed by atoms with E-state index in [9.17, 15) is 9.59 Å². The van der Waals surface area contributed by atoms with Gasteiger partial charge in [0.2, 0.25) is 5.13 Å². The topological polar surface area (TPSA) is 84.0 Å². The van der Waals surface area contributed by atoms with Crippen LogP contribution in [0.2, 0.25) is 0 Å². The molecule has 0 saturated carbocycles. The van der Waals surface area contributed by atoms with Crippen molar-refractivity contribution < 1.29 is 9.59 Å². The molecule has 0 bridgehead atoms. The molecule has 0 saturated heterocycles. The first-order valence-electron chi connectivity index (χ1n) is 9.24. The molecule has 0 aliphatic heterocycles. The summed E-state index contributed by atoms with van der Waals surface area (Å²) in [4.78, 5) is 25.1.